The van der Waals surface area contributed by atoms with Crippen LogP contribution in [0.3, 0.4) is 0 Å². The first-order valence-electron chi connectivity index (χ1n) is 16.4. The highest BCUT2D eigenvalue weighted by molar-refractivity contribution is 5.25. The van der Waals surface area contributed by atoms with Crippen molar-refractivity contribution in [3.05, 3.63) is 11.6 Å². The maximum absolute atomic E-state index is 10.5. The molecule has 5 rings (SSSR count). The van der Waals surface area contributed by atoms with Crippen LogP contribution in [0, 0.1) is 46.3 Å². The monoisotopic (exact) mass is 562 g/mol. The van der Waals surface area contributed by atoms with E-state index in [9.17, 15) is 20.4 Å². The molecule has 6 nitrogen and oxygen atoms in total. The van der Waals surface area contributed by atoms with Crippen molar-refractivity contribution in [2.24, 2.45) is 46.3 Å². The Balaban J connectivity index is 1.24. The summed E-state index contributed by atoms with van der Waals surface area (Å²) in [4.78, 5) is 0. The van der Waals surface area contributed by atoms with E-state index in [1.54, 1.807) is 6.92 Å². The third-order valence-electron chi connectivity index (χ3n) is 13.2. The van der Waals surface area contributed by atoms with E-state index < -0.39 is 36.3 Å². The number of hydrogen-bond donors (Lipinski definition) is 4. The average molecular weight is 563 g/mol. The molecule has 230 valence electrons. The van der Waals surface area contributed by atoms with Gasteiger partial charge in [0.2, 0.25) is 0 Å². The molecule has 1 saturated heterocycles. The van der Waals surface area contributed by atoms with Gasteiger partial charge in [-0.1, -0.05) is 45.8 Å². The van der Waals surface area contributed by atoms with Crippen LogP contribution in [0.5, 0.6) is 0 Å². The van der Waals surface area contributed by atoms with Crippen molar-refractivity contribution in [1.29, 1.82) is 0 Å². The van der Waals surface area contributed by atoms with Crippen molar-refractivity contribution < 1.29 is 29.9 Å². The Labute approximate surface area is 242 Å². The van der Waals surface area contributed by atoms with E-state index in [0.717, 1.165) is 49.4 Å². The molecule has 4 N–H and O–H groups in total. The summed E-state index contributed by atoms with van der Waals surface area (Å²) in [6, 6.07) is 0. The summed E-state index contributed by atoms with van der Waals surface area (Å²) in [6.45, 7) is 15.4. The van der Waals surface area contributed by atoms with Crippen molar-refractivity contribution in [3.8, 4) is 0 Å². The molecule has 0 aromatic rings. The lowest BCUT2D eigenvalue weighted by molar-refractivity contribution is -0.305. The molecule has 1 heterocycles. The molecule has 14 atom stereocenters. The third-order valence-corrected chi connectivity index (χ3v) is 13.2. The topological polar surface area (TPSA) is 99.4 Å². The van der Waals surface area contributed by atoms with Crippen molar-refractivity contribution in [1.82, 2.24) is 0 Å². The molecule has 0 bridgehead atoms. The molecule has 4 aliphatic carbocycles. The Morgan fingerprint density at radius 2 is 1.70 bits per heavy atom. The first-order valence-corrected chi connectivity index (χ1v) is 16.4. The number of rotatable bonds is 7. The van der Waals surface area contributed by atoms with Gasteiger partial charge in [-0.15, -0.1) is 0 Å². The molecule has 0 aromatic carbocycles. The van der Waals surface area contributed by atoms with Gasteiger partial charge in [-0.3, -0.25) is 0 Å². The number of fused-ring (bicyclic) bond motifs is 5. The van der Waals surface area contributed by atoms with E-state index in [4.69, 9.17) is 9.47 Å². The molecule has 3 saturated carbocycles. The molecule has 0 radical (unpaired) electrons. The minimum Gasteiger partial charge on any atom is -0.390 e. The van der Waals surface area contributed by atoms with E-state index >= 15 is 0 Å². The van der Waals surface area contributed by atoms with Crippen LogP contribution in [0.4, 0.5) is 0 Å². The van der Waals surface area contributed by atoms with Gasteiger partial charge in [-0.25, -0.2) is 0 Å². The standard InChI is InChI=1S/C34H58O6/c1-19(8-9-20(2)32(4,5)38)25-12-13-26-24-11-10-22-18-23(40-31-30(37)29(36)28(35)21(3)39-31)14-16-33(22,6)27(24)15-17-34(25,26)7/h10,19-21,23-31,35-38H,8-9,11-18H2,1-7H3/t19-,20+,21?,23+,24?,25?,26?,27?,28?,29?,30?,31?,33+,34-/m1/s1. The molecule has 0 amide bonds. The second-order valence-electron chi connectivity index (χ2n) is 15.8. The molecule has 0 spiro atoms. The molecular weight excluding hydrogens is 504 g/mol. The van der Waals surface area contributed by atoms with Gasteiger partial charge >= 0.3 is 0 Å². The summed E-state index contributed by atoms with van der Waals surface area (Å²) >= 11 is 0. The highest BCUT2D eigenvalue weighted by atomic mass is 16.7. The highest BCUT2D eigenvalue weighted by Gasteiger charge is 2.59. The van der Waals surface area contributed by atoms with Gasteiger partial charge < -0.3 is 29.9 Å². The van der Waals surface area contributed by atoms with Crippen LogP contribution in [-0.4, -0.2) is 62.8 Å². The predicted octanol–water partition coefficient (Wildman–Crippen LogP) is 5.60. The van der Waals surface area contributed by atoms with Crippen molar-refractivity contribution in [3.63, 3.8) is 0 Å². The number of aliphatic hydroxyl groups excluding tert-OH is 3. The predicted molar refractivity (Wildman–Crippen MR) is 156 cm³/mol. The van der Waals surface area contributed by atoms with Crippen LogP contribution in [-0.2, 0) is 9.47 Å². The zero-order chi connectivity index (χ0) is 29.2. The van der Waals surface area contributed by atoms with E-state index in [-0.39, 0.29) is 11.5 Å². The Morgan fingerprint density at radius 3 is 2.40 bits per heavy atom. The minimum atomic E-state index is -1.25. The summed E-state index contributed by atoms with van der Waals surface area (Å²) in [5, 5.41) is 41.2. The lowest BCUT2D eigenvalue weighted by Crippen LogP contribution is -2.58. The van der Waals surface area contributed by atoms with Crippen LogP contribution < -0.4 is 0 Å². The summed E-state index contributed by atoms with van der Waals surface area (Å²) < 4.78 is 12.0. The lowest BCUT2D eigenvalue weighted by Gasteiger charge is -2.58. The van der Waals surface area contributed by atoms with Gasteiger partial charge in [0.1, 0.15) is 18.3 Å². The van der Waals surface area contributed by atoms with Crippen molar-refractivity contribution in [2.75, 3.05) is 0 Å². The Morgan fingerprint density at radius 1 is 0.975 bits per heavy atom. The minimum absolute atomic E-state index is 0.0398. The second-order valence-corrected chi connectivity index (χ2v) is 15.8. The molecule has 40 heavy (non-hydrogen) atoms. The van der Waals surface area contributed by atoms with Crippen LogP contribution in [0.25, 0.3) is 0 Å². The summed E-state index contributed by atoms with van der Waals surface area (Å²) in [5.74, 6) is 4.10. The zero-order valence-corrected chi connectivity index (χ0v) is 26.2. The first-order chi connectivity index (χ1) is 18.7. The lowest BCUT2D eigenvalue weighted by atomic mass is 9.47. The maximum Gasteiger partial charge on any atom is 0.186 e. The number of aliphatic hydroxyl groups is 4. The largest absolute Gasteiger partial charge is 0.390 e. The van der Waals surface area contributed by atoms with Gasteiger partial charge in [0, 0.05) is 0 Å². The Hall–Kier alpha value is -0.500. The number of allylic oxidation sites excluding steroid dienone is 1. The fourth-order valence-electron chi connectivity index (χ4n) is 10.1. The molecule has 4 fully saturated rings. The third kappa shape index (κ3) is 5.36. The summed E-state index contributed by atoms with van der Waals surface area (Å²) in [7, 11) is 0. The zero-order valence-electron chi connectivity index (χ0n) is 26.2. The molecule has 0 aromatic heterocycles. The normalized spacial score (nSPS) is 48.9. The second kappa shape index (κ2) is 11.2. The van der Waals surface area contributed by atoms with Gasteiger partial charge in [-0.2, -0.15) is 0 Å². The molecule has 9 unspecified atom stereocenters. The highest BCUT2D eigenvalue weighted by Crippen LogP contribution is 2.67. The van der Waals surface area contributed by atoms with Crippen LogP contribution in [0.2, 0.25) is 0 Å². The van der Waals surface area contributed by atoms with Crippen LogP contribution in [0.15, 0.2) is 11.6 Å². The average Bonchev–Trinajstić information content (AvgIpc) is 3.25. The van der Waals surface area contributed by atoms with E-state index in [0.29, 0.717) is 17.3 Å². The van der Waals surface area contributed by atoms with E-state index in [2.05, 4.69) is 33.8 Å². The Kier molecular flexibility index (Phi) is 8.67. The smallest absolute Gasteiger partial charge is 0.186 e. The quantitative estimate of drug-likeness (QED) is 0.302. The van der Waals surface area contributed by atoms with Gasteiger partial charge in [0.05, 0.1) is 17.8 Å². The van der Waals surface area contributed by atoms with Crippen molar-refractivity contribution in [2.45, 2.75) is 155 Å². The fraction of sp³-hybridized carbons (Fsp3) is 0.941. The summed E-state index contributed by atoms with van der Waals surface area (Å²) in [6.07, 6.45) is 9.15. The Bertz CT molecular complexity index is 928. The van der Waals surface area contributed by atoms with E-state index in [1.807, 2.05) is 13.8 Å². The fourth-order valence-corrected chi connectivity index (χ4v) is 10.1. The maximum atomic E-state index is 10.5. The first kappa shape index (κ1) is 30.9. The van der Waals surface area contributed by atoms with Crippen LogP contribution in [0.1, 0.15) is 113 Å². The number of ether oxygens (including phenoxy) is 2. The summed E-state index contributed by atoms with van der Waals surface area (Å²) in [5.41, 5.74) is 1.56. The van der Waals surface area contributed by atoms with Gasteiger partial charge in [0.25, 0.3) is 0 Å². The molecular formula is C34H58O6. The molecule has 6 heteroatoms. The van der Waals surface area contributed by atoms with Gasteiger partial charge in [0.15, 0.2) is 6.29 Å². The van der Waals surface area contributed by atoms with Crippen molar-refractivity contribution >= 4 is 0 Å². The van der Waals surface area contributed by atoms with Gasteiger partial charge in [-0.05, 0) is 125 Å². The number of hydrogen-bond acceptors (Lipinski definition) is 6. The molecule has 1 aliphatic heterocycles. The SMILES string of the molecule is CC1OC(O[C@H]2CC[C@@]3(C)C(=CCC4C5CCC([C@H](C)CC[C@H](C)C(C)(C)O)[C@@]5(C)CCC43)C2)C(O)C(O)C1O. The van der Waals surface area contributed by atoms with E-state index in [1.165, 1.54) is 44.1 Å². The van der Waals surface area contributed by atoms with Crippen LogP contribution >= 0.6 is 0 Å². The molecule has 5 aliphatic rings.